The van der Waals surface area contributed by atoms with Gasteiger partial charge in [-0.25, -0.2) is 4.79 Å². The quantitative estimate of drug-likeness (QED) is 0.0914. The number of ether oxygens (including phenoxy) is 2. The molecular weight excluding hydrogens is 553 g/mol. The van der Waals surface area contributed by atoms with Crippen LogP contribution in [0, 0.1) is 11.8 Å². The Hall–Kier alpha value is -3.80. The van der Waals surface area contributed by atoms with E-state index < -0.39 is 17.1 Å². The van der Waals surface area contributed by atoms with Gasteiger partial charge in [-0.3, -0.25) is 0 Å². The maximum absolute atomic E-state index is 12.5. The topological polar surface area (TPSA) is 35.5 Å². The molecule has 204 valence electrons. The van der Waals surface area contributed by atoms with Crippen LogP contribution in [0.5, 0.6) is 5.75 Å². The molecule has 0 heterocycles. The van der Waals surface area contributed by atoms with Gasteiger partial charge in [0.15, 0.2) is 26.9 Å². The predicted octanol–water partition coefficient (Wildman–Crippen LogP) is 8.15. The number of alkyl halides is 3. The van der Waals surface area contributed by atoms with E-state index in [4.69, 9.17) is 9.47 Å². The molecule has 3 nitrogen and oxygen atoms in total. The van der Waals surface area contributed by atoms with Gasteiger partial charge in [0.05, 0.1) is 10.9 Å². The van der Waals surface area contributed by atoms with Gasteiger partial charge in [-0.05, 0) is 98.4 Å². The second-order valence-electron chi connectivity index (χ2n) is 9.00. The van der Waals surface area contributed by atoms with E-state index in [0.717, 1.165) is 4.90 Å². The van der Waals surface area contributed by atoms with Gasteiger partial charge in [-0.2, -0.15) is 13.2 Å². The lowest BCUT2D eigenvalue weighted by Crippen LogP contribution is -2.29. The van der Waals surface area contributed by atoms with Crippen molar-refractivity contribution in [3.8, 4) is 17.6 Å². The van der Waals surface area contributed by atoms with Crippen molar-refractivity contribution >= 4 is 28.6 Å². The van der Waals surface area contributed by atoms with Gasteiger partial charge in [0.2, 0.25) is 0 Å². The zero-order chi connectivity index (χ0) is 28.6. The predicted molar refractivity (Wildman–Crippen MR) is 152 cm³/mol. The molecule has 0 spiro atoms. The maximum atomic E-state index is 12.5. The minimum atomic E-state index is -4.35. The lowest BCUT2D eigenvalue weighted by atomic mass is 10.1. The summed E-state index contributed by atoms with van der Waals surface area (Å²) in [5.41, 5.74) is -4.96. The molecule has 40 heavy (non-hydrogen) atoms. The molecule has 0 atom stereocenters. The van der Waals surface area contributed by atoms with Gasteiger partial charge in [0.25, 0.3) is 0 Å². The summed E-state index contributed by atoms with van der Waals surface area (Å²) in [5, 5.41) is 0. The van der Waals surface area contributed by atoms with Crippen molar-refractivity contribution in [1.82, 2.24) is 0 Å². The van der Waals surface area contributed by atoms with Crippen LogP contribution in [0.4, 0.5) is 13.2 Å². The van der Waals surface area contributed by atoms with E-state index in [1.807, 2.05) is 60.7 Å². The van der Waals surface area contributed by atoms with E-state index in [1.165, 1.54) is 34.1 Å². The van der Waals surface area contributed by atoms with Crippen molar-refractivity contribution in [1.29, 1.82) is 0 Å². The fourth-order valence-electron chi connectivity index (χ4n) is 3.64. The van der Waals surface area contributed by atoms with Crippen LogP contribution in [0.1, 0.15) is 19.4 Å². The van der Waals surface area contributed by atoms with Crippen LogP contribution < -0.4 is 4.74 Å². The lowest BCUT2D eigenvalue weighted by molar-refractivity contribution is -0.154. The van der Waals surface area contributed by atoms with Crippen molar-refractivity contribution in [3.05, 3.63) is 115 Å². The van der Waals surface area contributed by atoms with Gasteiger partial charge in [0.1, 0.15) is 5.75 Å². The second kappa shape index (κ2) is 13.0. The molecule has 0 unspecified atom stereocenters. The van der Waals surface area contributed by atoms with Crippen LogP contribution in [0.2, 0.25) is 0 Å². The lowest BCUT2D eigenvalue weighted by Gasteiger charge is -2.19. The molecule has 4 rings (SSSR count). The first-order valence-electron chi connectivity index (χ1n) is 12.3. The highest BCUT2D eigenvalue weighted by Crippen LogP contribution is 2.36. The average Bonchev–Trinajstić information content (AvgIpc) is 2.93. The summed E-state index contributed by atoms with van der Waals surface area (Å²) in [7, 11) is -0.287. The van der Waals surface area contributed by atoms with E-state index in [1.54, 1.807) is 13.8 Å². The molecule has 0 radical (unpaired) electrons. The smallest absolute Gasteiger partial charge is 0.446 e. The highest BCUT2D eigenvalue weighted by atomic mass is 32.2. The number of thioether (sulfide) groups is 1. The summed E-state index contributed by atoms with van der Waals surface area (Å²) in [4.78, 5) is 16.0. The molecule has 0 aliphatic heterocycles. The standard InChI is InChI=1S/C32H26F3O3S2/c1-31(2,22-21-24-13-17-26(18-14-24)39-32(33,34)35)38-30(36)23-37-25-15-19-29(20-16-25)40(27-9-5-3-6-10-27)28-11-7-4-8-12-28/h3-20H,23H2,1-2H3/q+1. The summed E-state index contributed by atoms with van der Waals surface area (Å²) in [6.45, 7) is 2.97. The van der Waals surface area contributed by atoms with Crippen LogP contribution in [0.15, 0.2) is 129 Å². The van der Waals surface area contributed by atoms with Crippen LogP contribution in [0.25, 0.3) is 0 Å². The van der Waals surface area contributed by atoms with E-state index in [9.17, 15) is 18.0 Å². The van der Waals surface area contributed by atoms with E-state index in [-0.39, 0.29) is 34.2 Å². The first kappa shape index (κ1) is 29.2. The molecule has 4 aromatic carbocycles. The average molecular weight is 580 g/mol. The minimum Gasteiger partial charge on any atom is -0.482 e. The molecular formula is C32H26F3O3S2+. The van der Waals surface area contributed by atoms with Gasteiger partial charge >= 0.3 is 11.5 Å². The van der Waals surface area contributed by atoms with Crippen LogP contribution in [-0.4, -0.2) is 23.7 Å². The number of rotatable bonds is 8. The zero-order valence-corrected chi connectivity index (χ0v) is 23.4. The van der Waals surface area contributed by atoms with E-state index in [0.29, 0.717) is 11.3 Å². The Morgan fingerprint density at radius 2 is 1.30 bits per heavy atom. The number of hydrogen-bond acceptors (Lipinski definition) is 4. The summed E-state index contributed by atoms with van der Waals surface area (Å²) >= 11 is -0.186. The Balaban J connectivity index is 1.35. The van der Waals surface area contributed by atoms with Gasteiger partial charge in [-0.15, -0.1) is 0 Å². The van der Waals surface area contributed by atoms with Crippen molar-refractivity contribution in [2.75, 3.05) is 6.61 Å². The van der Waals surface area contributed by atoms with Crippen molar-refractivity contribution in [2.24, 2.45) is 0 Å². The van der Waals surface area contributed by atoms with Gasteiger partial charge in [-0.1, -0.05) is 48.2 Å². The molecule has 0 bridgehead atoms. The molecule has 0 aromatic heterocycles. The highest BCUT2D eigenvalue weighted by molar-refractivity contribution is 8.00. The number of halogens is 3. The molecule has 0 aliphatic rings. The third kappa shape index (κ3) is 8.87. The monoisotopic (exact) mass is 579 g/mol. The highest BCUT2D eigenvalue weighted by Gasteiger charge is 2.29. The van der Waals surface area contributed by atoms with Crippen molar-refractivity contribution in [2.45, 2.75) is 44.5 Å². The fourth-order valence-corrected chi connectivity index (χ4v) is 6.26. The Morgan fingerprint density at radius 1 is 0.775 bits per heavy atom. The van der Waals surface area contributed by atoms with Crippen LogP contribution in [0.3, 0.4) is 0 Å². The Morgan fingerprint density at radius 3 is 1.82 bits per heavy atom. The Kier molecular flexibility index (Phi) is 9.51. The largest absolute Gasteiger partial charge is 0.482 e. The van der Waals surface area contributed by atoms with Crippen LogP contribution in [-0.2, 0) is 20.4 Å². The second-order valence-corrected chi connectivity index (χ2v) is 12.2. The third-order valence-corrected chi connectivity index (χ3v) is 8.31. The molecule has 0 saturated heterocycles. The number of benzene rings is 4. The van der Waals surface area contributed by atoms with Crippen molar-refractivity contribution < 1.29 is 27.4 Å². The Bertz CT molecular complexity index is 1420. The normalized spacial score (nSPS) is 11.4. The molecule has 4 aromatic rings. The van der Waals surface area contributed by atoms with Crippen molar-refractivity contribution in [3.63, 3.8) is 0 Å². The molecule has 0 aliphatic carbocycles. The summed E-state index contributed by atoms with van der Waals surface area (Å²) < 4.78 is 48.6. The zero-order valence-electron chi connectivity index (χ0n) is 21.8. The van der Waals surface area contributed by atoms with Crippen LogP contribution >= 0.6 is 11.8 Å². The van der Waals surface area contributed by atoms with Gasteiger partial charge in [0, 0.05) is 10.5 Å². The molecule has 0 fully saturated rings. The summed E-state index contributed by atoms with van der Waals surface area (Å²) in [6.07, 6.45) is 0. The number of esters is 1. The molecule has 8 heteroatoms. The first-order valence-corrected chi connectivity index (χ1v) is 14.3. The van der Waals surface area contributed by atoms with Gasteiger partial charge < -0.3 is 9.47 Å². The summed E-state index contributed by atoms with van der Waals surface area (Å²) in [6, 6.07) is 33.9. The number of carbonyl (C=O) groups excluding carboxylic acids is 1. The fraction of sp³-hybridized carbons (Fsp3) is 0.156. The number of hydrogen-bond donors (Lipinski definition) is 0. The SMILES string of the molecule is CC(C)(C#Cc1ccc(SC(F)(F)F)cc1)OC(=O)COc1ccc([S+](c2ccccc2)c2ccccc2)cc1. The molecule has 0 amide bonds. The Labute approximate surface area is 239 Å². The first-order chi connectivity index (χ1) is 19.1. The van der Waals surface area contributed by atoms with E-state index in [2.05, 4.69) is 36.1 Å². The minimum absolute atomic E-state index is 0.0741. The molecule has 0 N–H and O–H groups in total. The summed E-state index contributed by atoms with van der Waals surface area (Å²) in [5.74, 6) is 5.63. The third-order valence-electron chi connectivity index (χ3n) is 5.34. The molecule has 0 saturated carbocycles. The van der Waals surface area contributed by atoms with E-state index >= 15 is 0 Å². The number of carbonyl (C=O) groups is 1. The maximum Gasteiger partial charge on any atom is 0.446 e.